The van der Waals surface area contributed by atoms with E-state index in [4.69, 9.17) is 4.98 Å². The van der Waals surface area contributed by atoms with E-state index in [0.29, 0.717) is 0 Å². The maximum Gasteiger partial charge on any atom is 0.145 e. The number of hydrogen-bond acceptors (Lipinski definition) is 1. The summed E-state index contributed by atoms with van der Waals surface area (Å²) in [6.07, 6.45) is 0. The third-order valence-electron chi connectivity index (χ3n) is 12.9. The molecular weight excluding hydrogens is 715 g/mol. The van der Waals surface area contributed by atoms with Crippen LogP contribution in [-0.4, -0.2) is 14.1 Å². The molecule has 2 aliphatic rings. The number of rotatable bonds is 4. The van der Waals surface area contributed by atoms with Crippen molar-refractivity contribution in [2.45, 2.75) is 5.41 Å². The largest absolute Gasteiger partial charge is 0.309 e. The predicted molar refractivity (Wildman–Crippen MR) is 243 cm³/mol. The number of nitrogens with zero attached hydrogens (tertiary/aromatic N) is 3. The fraction of sp³-hybridized carbons (Fsp3) is 0.0179. The van der Waals surface area contributed by atoms with Crippen LogP contribution < -0.4 is 0 Å². The zero-order chi connectivity index (χ0) is 38.7. The number of para-hydroxylation sites is 5. The van der Waals surface area contributed by atoms with Gasteiger partial charge in [-0.3, -0.25) is 4.57 Å². The first-order chi connectivity index (χ1) is 29.3. The number of imidazole rings is 1. The number of aromatic nitrogens is 3. The van der Waals surface area contributed by atoms with Gasteiger partial charge >= 0.3 is 0 Å². The Balaban J connectivity index is 0.990. The van der Waals surface area contributed by atoms with E-state index in [2.05, 4.69) is 221 Å². The Morgan fingerprint density at radius 1 is 0.356 bits per heavy atom. The molecule has 3 heteroatoms. The summed E-state index contributed by atoms with van der Waals surface area (Å²) in [5, 5.41) is 2.58. The summed E-state index contributed by atoms with van der Waals surface area (Å²) in [5.74, 6) is 0.927. The summed E-state index contributed by atoms with van der Waals surface area (Å²) in [6, 6.07) is 77.9. The molecule has 11 aromatic rings. The highest BCUT2D eigenvalue weighted by Crippen LogP contribution is 2.61. The van der Waals surface area contributed by atoms with Gasteiger partial charge in [-0.25, -0.2) is 4.98 Å². The molecule has 1 aliphatic heterocycles. The highest BCUT2D eigenvalue weighted by molar-refractivity contribution is 6.13. The van der Waals surface area contributed by atoms with Crippen LogP contribution in [0.15, 0.2) is 212 Å². The van der Waals surface area contributed by atoms with Crippen LogP contribution in [-0.2, 0) is 5.41 Å². The maximum atomic E-state index is 5.21. The van der Waals surface area contributed by atoms with Crippen molar-refractivity contribution < 1.29 is 0 Å². The third-order valence-corrected chi connectivity index (χ3v) is 12.9. The molecule has 0 fully saturated rings. The van der Waals surface area contributed by atoms with E-state index >= 15 is 0 Å². The molecule has 0 bridgehead atoms. The average molecular weight is 750 g/mol. The molecule has 1 spiro atoms. The Kier molecular flexibility index (Phi) is 6.65. The van der Waals surface area contributed by atoms with Crippen LogP contribution in [0.5, 0.6) is 0 Å². The Morgan fingerprint density at radius 2 is 0.966 bits per heavy atom. The van der Waals surface area contributed by atoms with Gasteiger partial charge in [0.25, 0.3) is 0 Å². The molecular formula is C56H35N3. The van der Waals surface area contributed by atoms with E-state index in [-0.39, 0.29) is 0 Å². The SMILES string of the molecule is c1ccc(-c2cccc(-c3nc4ccccc4n3-c3ccc(-c4ccc5c(c4)C4(c6ccccc6-5)c5ccccc5-n5c6ccccc6c6cccc4c65)cc3)c2)cc1. The molecule has 3 heterocycles. The second-order valence-electron chi connectivity index (χ2n) is 15.9. The molecule has 9 aromatic carbocycles. The monoisotopic (exact) mass is 749 g/mol. The average Bonchev–Trinajstić information content (AvgIpc) is 3.96. The Labute approximate surface area is 341 Å². The van der Waals surface area contributed by atoms with Crippen LogP contribution in [0, 0.1) is 0 Å². The molecule has 13 rings (SSSR count). The van der Waals surface area contributed by atoms with Crippen molar-refractivity contribution in [1.82, 2.24) is 14.1 Å². The van der Waals surface area contributed by atoms with Gasteiger partial charge in [-0.05, 0) is 104 Å². The van der Waals surface area contributed by atoms with Gasteiger partial charge in [-0.1, -0.05) is 164 Å². The zero-order valence-corrected chi connectivity index (χ0v) is 32.0. The fourth-order valence-corrected chi connectivity index (χ4v) is 10.5. The van der Waals surface area contributed by atoms with E-state index in [0.717, 1.165) is 28.1 Å². The predicted octanol–water partition coefficient (Wildman–Crippen LogP) is 13.8. The molecule has 1 aliphatic carbocycles. The lowest BCUT2D eigenvalue weighted by atomic mass is 9.65. The third kappa shape index (κ3) is 4.39. The molecule has 1 unspecified atom stereocenters. The molecule has 0 radical (unpaired) electrons. The Hall–Kier alpha value is -7.75. The first-order valence-electron chi connectivity index (χ1n) is 20.4. The maximum absolute atomic E-state index is 5.21. The fourth-order valence-electron chi connectivity index (χ4n) is 10.5. The summed E-state index contributed by atoms with van der Waals surface area (Å²) < 4.78 is 4.81. The van der Waals surface area contributed by atoms with Gasteiger partial charge in [0.2, 0.25) is 0 Å². The van der Waals surface area contributed by atoms with Crippen LogP contribution in [0.3, 0.4) is 0 Å². The minimum absolute atomic E-state index is 0.485. The lowest BCUT2D eigenvalue weighted by Crippen LogP contribution is -2.33. The van der Waals surface area contributed by atoms with E-state index in [1.54, 1.807) is 0 Å². The molecule has 0 saturated carbocycles. The number of fused-ring (bicyclic) bond motifs is 13. The summed E-state index contributed by atoms with van der Waals surface area (Å²) >= 11 is 0. The topological polar surface area (TPSA) is 22.8 Å². The molecule has 274 valence electrons. The van der Waals surface area contributed by atoms with Gasteiger partial charge in [-0.15, -0.1) is 0 Å². The number of hydrogen-bond donors (Lipinski definition) is 0. The normalized spacial score (nSPS) is 14.8. The lowest BCUT2D eigenvalue weighted by molar-refractivity contribution is 0.749. The van der Waals surface area contributed by atoms with Crippen LogP contribution in [0.25, 0.3) is 89.0 Å². The first-order valence-corrected chi connectivity index (χ1v) is 20.4. The highest BCUT2D eigenvalue weighted by Gasteiger charge is 2.50. The molecule has 3 nitrogen and oxygen atoms in total. The summed E-state index contributed by atoms with van der Waals surface area (Å²) in [4.78, 5) is 5.21. The Bertz CT molecular complexity index is 3500. The molecule has 59 heavy (non-hydrogen) atoms. The minimum atomic E-state index is -0.485. The number of benzene rings is 9. The van der Waals surface area contributed by atoms with Gasteiger partial charge in [0.1, 0.15) is 5.82 Å². The Morgan fingerprint density at radius 3 is 1.86 bits per heavy atom. The van der Waals surface area contributed by atoms with Crippen LogP contribution in [0.1, 0.15) is 22.3 Å². The van der Waals surface area contributed by atoms with E-state index < -0.39 is 5.41 Å². The molecule has 0 amide bonds. The van der Waals surface area contributed by atoms with Crippen molar-refractivity contribution in [3.8, 4) is 56.1 Å². The molecule has 0 saturated heterocycles. The minimum Gasteiger partial charge on any atom is -0.309 e. The lowest BCUT2D eigenvalue weighted by Gasteiger charge is -2.39. The standard InChI is InChI=1S/C56H35N3/c1-2-14-36(15-3-1)38-16-12-17-40(34-38)55-57-50-24-8-11-27-53(50)58(55)41-31-28-37(29-32-41)39-30-33-43-42-18-4-6-21-46(42)56(49(43)35-39)47-22-7-10-26-52(47)59-51-25-9-5-19-44(51)45-20-13-23-48(56)54(45)59/h1-35H. The van der Waals surface area contributed by atoms with Gasteiger partial charge in [0, 0.05) is 22.0 Å². The van der Waals surface area contributed by atoms with E-state index in [1.807, 2.05) is 0 Å². The van der Waals surface area contributed by atoms with Crippen molar-refractivity contribution in [2.75, 3.05) is 0 Å². The van der Waals surface area contributed by atoms with Gasteiger partial charge in [0.15, 0.2) is 0 Å². The van der Waals surface area contributed by atoms with Gasteiger partial charge < -0.3 is 4.57 Å². The molecule has 2 aromatic heterocycles. The van der Waals surface area contributed by atoms with Crippen molar-refractivity contribution >= 4 is 32.8 Å². The van der Waals surface area contributed by atoms with E-state index in [1.165, 1.54) is 83.1 Å². The smallest absolute Gasteiger partial charge is 0.145 e. The van der Waals surface area contributed by atoms with Gasteiger partial charge in [-0.2, -0.15) is 0 Å². The van der Waals surface area contributed by atoms with Crippen molar-refractivity contribution in [1.29, 1.82) is 0 Å². The van der Waals surface area contributed by atoms with E-state index in [9.17, 15) is 0 Å². The van der Waals surface area contributed by atoms with Crippen molar-refractivity contribution in [2.24, 2.45) is 0 Å². The highest BCUT2D eigenvalue weighted by atomic mass is 15.1. The molecule has 1 atom stereocenters. The summed E-state index contributed by atoms with van der Waals surface area (Å²) in [7, 11) is 0. The molecule has 0 N–H and O–H groups in total. The second kappa shape index (κ2) is 12.1. The summed E-state index contributed by atoms with van der Waals surface area (Å²) in [5.41, 5.74) is 20.2. The van der Waals surface area contributed by atoms with Crippen LogP contribution >= 0.6 is 0 Å². The van der Waals surface area contributed by atoms with Gasteiger partial charge in [0.05, 0.1) is 33.2 Å². The van der Waals surface area contributed by atoms with Crippen LogP contribution in [0.2, 0.25) is 0 Å². The summed E-state index contributed by atoms with van der Waals surface area (Å²) in [6.45, 7) is 0. The first kappa shape index (κ1) is 32.3. The van der Waals surface area contributed by atoms with Crippen molar-refractivity contribution in [3.05, 3.63) is 235 Å². The second-order valence-corrected chi connectivity index (χ2v) is 15.9. The zero-order valence-electron chi connectivity index (χ0n) is 32.0. The van der Waals surface area contributed by atoms with Crippen LogP contribution in [0.4, 0.5) is 0 Å². The van der Waals surface area contributed by atoms with Crippen molar-refractivity contribution in [3.63, 3.8) is 0 Å². The quantitative estimate of drug-likeness (QED) is 0.176.